The first-order valence-corrected chi connectivity index (χ1v) is 10.00. The number of hydrogen-bond acceptors (Lipinski definition) is 7. The smallest absolute Gasteiger partial charge is 0.247 e. The number of ether oxygens (including phenoxy) is 2. The Labute approximate surface area is 187 Å². The van der Waals surface area contributed by atoms with E-state index in [4.69, 9.17) is 16.0 Å². The van der Waals surface area contributed by atoms with Crippen LogP contribution in [-0.2, 0) is 13.0 Å². The van der Waals surface area contributed by atoms with Gasteiger partial charge < -0.3 is 14.8 Å². The van der Waals surface area contributed by atoms with Gasteiger partial charge in [0.25, 0.3) is 0 Å². The lowest BCUT2D eigenvalue weighted by Crippen LogP contribution is -2.09. The molecule has 3 aromatic heterocycles. The zero-order valence-electron chi connectivity index (χ0n) is 17.5. The molecule has 9 nitrogen and oxygen atoms in total. The topological polar surface area (TPSA) is 102 Å². The molecule has 1 aromatic carbocycles. The number of anilines is 1. The number of nitrogens with zero attached hydrogens (tertiary/aromatic N) is 6. The van der Waals surface area contributed by atoms with Crippen molar-refractivity contribution in [3.63, 3.8) is 0 Å². The van der Waals surface area contributed by atoms with E-state index in [1.807, 2.05) is 6.07 Å². The van der Waals surface area contributed by atoms with Crippen LogP contribution in [0.15, 0.2) is 36.8 Å². The van der Waals surface area contributed by atoms with Gasteiger partial charge in [0, 0.05) is 42.0 Å². The summed E-state index contributed by atoms with van der Waals surface area (Å²) in [5.41, 5.74) is 3.44. The van der Waals surface area contributed by atoms with Gasteiger partial charge in [-0.1, -0.05) is 0 Å². The van der Waals surface area contributed by atoms with Crippen molar-refractivity contribution in [1.29, 1.82) is 5.26 Å². The molecule has 5 rings (SSSR count). The summed E-state index contributed by atoms with van der Waals surface area (Å²) < 4.78 is 26.8. The highest BCUT2D eigenvalue weighted by atomic mass is 19.1. The van der Waals surface area contributed by atoms with Crippen LogP contribution in [0, 0.1) is 23.7 Å². The van der Waals surface area contributed by atoms with Crippen LogP contribution < -0.4 is 14.8 Å². The predicted molar refractivity (Wildman–Crippen MR) is 117 cm³/mol. The van der Waals surface area contributed by atoms with E-state index < -0.39 is 0 Å². The Bertz CT molecular complexity index is 1480. The van der Waals surface area contributed by atoms with E-state index in [0.717, 1.165) is 5.56 Å². The Hall–Kier alpha value is -4.70. The summed E-state index contributed by atoms with van der Waals surface area (Å²) in [5.74, 6) is 0.988. The minimum Gasteiger partial charge on any atom is -0.493 e. The third-order valence-corrected chi connectivity index (χ3v) is 5.43. The molecule has 0 bridgehead atoms. The lowest BCUT2D eigenvalue weighted by Gasteiger charge is -2.13. The van der Waals surface area contributed by atoms with E-state index in [-0.39, 0.29) is 29.6 Å². The van der Waals surface area contributed by atoms with Crippen molar-refractivity contribution in [3.8, 4) is 28.8 Å². The molecule has 1 N–H and O–H groups in total. The van der Waals surface area contributed by atoms with E-state index in [1.165, 1.54) is 13.2 Å². The Balaban J connectivity index is 1.55. The molecule has 4 heterocycles. The lowest BCUT2D eigenvalue weighted by atomic mass is 10.0. The quantitative estimate of drug-likeness (QED) is 0.469. The van der Waals surface area contributed by atoms with Crippen LogP contribution >= 0.6 is 0 Å². The second-order valence-corrected chi connectivity index (χ2v) is 7.25. The maximum absolute atomic E-state index is 14.5. The third-order valence-electron chi connectivity index (χ3n) is 5.43. The number of halogens is 1. The predicted octanol–water partition coefficient (Wildman–Crippen LogP) is 3.91. The van der Waals surface area contributed by atoms with Crippen molar-refractivity contribution >= 4 is 17.3 Å². The first kappa shape index (κ1) is 20.2. The fraction of sp³-hybridized carbons (Fsp3) is 0.174. The highest BCUT2D eigenvalue weighted by Gasteiger charge is 2.20. The highest BCUT2D eigenvalue weighted by molar-refractivity contribution is 5.80. The van der Waals surface area contributed by atoms with Crippen molar-refractivity contribution in [2.75, 3.05) is 19.0 Å². The van der Waals surface area contributed by atoms with Crippen LogP contribution in [0.3, 0.4) is 0 Å². The van der Waals surface area contributed by atoms with Gasteiger partial charge in [-0.2, -0.15) is 5.26 Å². The molecule has 0 fully saturated rings. The fourth-order valence-electron chi connectivity index (χ4n) is 3.86. The van der Waals surface area contributed by atoms with E-state index >= 15 is 0 Å². The van der Waals surface area contributed by atoms with Gasteiger partial charge in [-0.25, -0.2) is 24.2 Å². The molecule has 0 spiro atoms. The number of nitrogens with one attached hydrogen (secondary N) is 1. The van der Waals surface area contributed by atoms with Gasteiger partial charge in [-0.3, -0.25) is 4.40 Å². The zero-order chi connectivity index (χ0) is 22.9. The first-order chi connectivity index (χ1) is 16.1. The number of fused-ring (bicyclic) bond motifs is 2. The molecule has 0 radical (unpaired) electrons. The maximum Gasteiger partial charge on any atom is 0.247 e. The van der Waals surface area contributed by atoms with Crippen molar-refractivity contribution in [2.24, 2.45) is 0 Å². The van der Waals surface area contributed by atoms with Gasteiger partial charge in [-0.15, -0.1) is 0 Å². The van der Waals surface area contributed by atoms with Gasteiger partial charge >= 0.3 is 0 Å². The van der Waals surface area contributed by atoms with Gasteiger partial charge in [0.05, 0.1) is 26.5 Å². The van der Waals surface area contributed by atoms with Gasteiger partial charge in [0.15, 0.2) is 11.3 Å². The standard InChI is InChI=1S/C23H16FN7O2/c1-26-19-7-13(9-27-22(19)32-2)16-10-28-23(31-12-14(8-25)30-21(16)31)29-11-17-15-5-6-33-20(15)4-3-18(17)24/h3-4,7,9-10,12H,5-6,11H2,2H3,(H,28,29). The summed E-state index contributed by atoms with van der Waals surface area (Å²) in [5, 5.41) is 12.5. The number of aromatic nitrogens is 4. The highest BCUT2D eigenvalue weighted by Crippen LogP contribution is 2.33. The molecule has 10 heteroatoms. The molecule has 0 unspecified atom stereocenters. The van der Waals surface area contributed by atoms with Gasteiger partial charge in [0.2, 0.25) is 17.5 Å². The van der Waals surface area contributed by atoms with Crippen LogP contribution in [-0.4, -0.2) is 33.1 Å². The third kappa shape index (κ3) is 3.44. The SMILES string of the molecule is [C-]#[N+]c1cc(-c2cnc(NCc3c(F)ccc4c3CCO4)n3cc(C#N)nc23)cnc1OC. The summed E-state index contributed by atoms with van der Waals surface area (Å²) in [6, 6.07) is 6.70. The Morgan fingerprint density at radius 2 is 2.24 bits per heavy atom. The molecule has 1 aliphatic heterocycles. The summed E-state index contributed by atoms with van der Waals surface area (Å²) in [6.07, 6.45) is 5.33. The van der Waals surface area contributed by atoms with Crippen molar-refractivity contribution in [2.45, 2.75) is 13.0 Å². The van der Waals surface area contributed by atoms with Crippen LogP contribution in [0.1, 0.15) is 16.8 Å². The molecule has 0 saturated carbocycles. The average Bonchev–Trinajstić information content (AvgIpc) is 3.50. The molecular formula is C23H16FN7O2. The Morgan fingerprint density at radius 3 is 3.03 bits per heavy atom. The van der Waals surface area contributed by atoms with Crippen LogP contribution in [0.4, 0.5) is 16.0 Å². The average molecular weight is 441 g/mol. The number of benzene rings is 1. The molecule has 0 aliphatic carbocycles. The molecular weight excluding hydrogens is 425 g/mol. The lowest BCUT2D eigenvalue weighted by molar-refractivity contribution is 0.356. The number of rotatable bonds is 5. The molecule has 33 heavy (non-hydrogen) atoms. The molecule has 0 atom stereocenters. The molecule has 1 aliphatic rings. The van der Waals surface area contributed by atoms with Crippen LogP contribution in [0.25, 0.3) is 21.6 Å². The number of methoxy groups -OCH3 is 1. The number of hydrogen-bond donors (Lipinski definition) is 1. The van der Waals surface area contributed by atoms with Gasteiger partial charge in [-0.05, 0) is 23.8 Å². The van der Waals surface area contributed by atoms with E-state index in [1.54, 1.807) is 35.1 Å². The minimum atomic E-state index is -0.320. The Kier molecular flexibility index (Phi) is 4.96. The largest absolute Gasteiger partial charge is 0.493 e. The monoisotopic (exact) mass is 441 g/mol. The second-order valence-electron chi connectivity index (χ2n) is 7.25. The zero-order valence-corrected chi connectivity index (χ0v) is 17.5. The number of nitriles is 1. The molecule has 4 aromatic rings. The number of pyridine rings is 1. The summed E-state index contributed by atoms with van der Waals surface area (Å²) in [6.45, 7) is 8.07. The van der Waals surface area contributed by atoms with Crippen molar-refractivity contribution < 1.29 is 13.9 Å². The minimum absolute atomic E-state index is 0.186. The molecule has 0 saturated heterocycles. The van der Waals surface area contributed by atoms with Crippen LogP contribution in [0.2, 0.25) is 0 Å². The van der Waals surface area contributed by atoms with E-state index in [2.05, 4.69) is 25.1 Å². The van der Waals surface area contributed by atoms with Crippen molar-refractivity contribution in [1.82, 2.24) is 19.4 Å². The fourth-order valence-corrected chi connectivity index (χ4v) is 3.86. The Morgan fingerprint density at radius 1 is 1.36 bits per heavy atom. The van der Waals surface area contributed by atoms with E-state index in [0.29, 0.717) is 47.1 Å². The summed E-state index contributed by atoms with van der Waals surface area (Å²) in [4.78, 5) is 16.5. The van der Waals surface area contributed by atoms with Crippen LogP contribution in [0.5, 0.6) is 11.6 Å². The first-order valence-electron chi connectivity index (χ1n) is 10.00. The normalized spacial score (nSPS) is 12.0. The van der Waals surface area contributed by atoms with E-state index in [9.17, 15) is 9.65 Å². The summed E-state index contributed by atoms with van der Waals surface area (Å²) >= 11 is 0. The van der Waals surface area contributed by atoms with Crippen molar-refractivity contribution in [3.05, 3.63) is 70.8 Å². The summed E-state index contributed by atoms with van der Waals surface area (Å²) in [7, 11) is 1.45. The van der Waals surface area contributed by atoms with Gasteiger partial charge in [0.1, 0.15) is 17.6 Å². The molecule has 0 amide bonds. The maximum atomic E-state index is 14.5. The molecule has 162 valence electrons. The number of imidazole rings is 1. The second kappa shape index (κ2) is 8.09.